The fourth-order valence-electron chi connectivity index (χ4n) is 2.89. The summed E-state index contributed by atoms with van der Waals surface area (Å²) in [5, 5.41) is 8.91. The molecule has 1 saturated heterocycles. The third-order valence-electron chi connectivity index (χ3n) is 4.19. The van der Waals surface area contributed by atoms with Gasteiger partial charge in [-0.05, 0) is 25.7 Å². The Kier molecular flexibility index (Phi) is 5.19. The fourth-order valence-corrected chi connectivity index (χ4v) is 2.89. The minimum Gasteiger partial charge on any atom is -0.481 e. The van der Waals surface area contributed by atoms with Crippen molar-refractivity contribution in [2.75, 3.05) is 19.7 Å². The van der Waals surface area contributed by atoms with Gasteiger partial charge in [-0.15, -0.1) is 0 Å². The molecule has 1 N–H and O–H groups in total. The molecule has 19 heavy (non-hydrogen) atoms. The number of rotatable bonds is 4. The van der Waals surface area contributed by atoms with Crippen LogP contribution < -0.4 is 0 Å². The Labute approximate surface area is 113 Å². The molecule has 2 aliphatic rings. The van der Waals surface area contributed by atoms with E-state index in [-0.39, 0.29) is 24.5 Å². The van der Waals surface area contributed by atoms with E-state index >= 15 is 0 Å². The molecule has 0 aromatic rings. The zero-order chi connectivity index (χ0) is 13.7. The molecular weight excluding hydrogens is 246 g/mol. The maximum absolute atomic E-state index is 12.0. The van der Waals surface area contributed by atoms with Crippen LogP contribution >= 0.6 is 0 Å². The first kappa shape index (κ1) is 14.3. The molecule has 1 amide bonds. The lowest BCUT2D eigenvalue weighted by atomic mass is 9.97. The Hall–Kier alpha value is -1.10. The second kappa shape index (κ2) is 6.89. The molecule has 1 saturated carbocycles. The Morgan fingerprint density at radius 1 is 1.05 bits per heavy atom. The number of aliphatic carboxylic acids is 1. The Morgan fingerprint density at radius 2 is 1.68 bits per heavy atom. The summed E-state index contributed by atoms with van der Waals surface area (Å²) in [4.78, 5) is 24.5. The number of nitrogens with zero attached hydrogens (tertiary/aromatic N) is 1. The van der Waals surface area contributed by atoms with Crippen LogP contribution in [0.3, 0.4) is 0 Å². The third-order valence-corrected chi connectivity index (χ3v) is 4.19. The molecule has 0 atom stereocenters. The Morgan fingerprint density at radius 3 is 2.26 bits per heavy atom. The number of piperidine rings is 1. The van der Waals surface area contributed by atoms with E-state index in [9.17, 15) is 9.59 Å². The Bertz CT molecular complexity index is 317. The number of carbonyl (C=O) groups is 2. The standard InChI is InChI=1S/C14H23NO4/c16-13(10-19-12-4-2-1-3-5-12)15-8-6-11(7-9-15)14(17)18/h11-12H,1-10H2,(H,17,18). The summed E-state index contributed by atoms with van der Waals surface area (Å²) in [7, 11) is 0. The number of amides is 1. The van der Waals surface area contributed by atoms with Crippen LogP contribution in [0.5, 0.6) is 0 Å². The van der Waals surface area contributed by atoms with Crippen molar-refractivity contribution in [2.24, 2.45) is 5.92 Å². The molecule has 5 heteroatoms. The highest BCUT2D eigenvalue weighted by atomic mass is 16.5. The van der Waals surface area contributed by atoms with Crippen molar-refractivity contribution in [3.63, 3.8) is 0 Å². The number of carboxylic acids is 1. The van der Waals surface area contributed by atoms with Gasteiger partial charge in [0.15, 0.2) is 0 Å². The topological polar surface area (TPSA) is 66.8 Å². The van der Waals surface area contributed by atoms with Gasteiger partial charge in [0.2, 0.25) is 5.91 Å². The maximum Gasteiger partial charge on any atom is 0.306 e. The normalized spacial score (nSPS) is 22.4. The number of likely N-dealkylation sites (tertiary alicyclic amines) is 1. The number of hydrogen-bond acceptors (Lipinski definition) is 3. The summed E-state index contributed by atoms with van der Waals surface area (Å²) in [6, 6.07) is 0. The van der Waals surface area contributed by atoms with Crippen molar-refractivity contribution in [3.05, 3.63) is 0 Å². The minimum atomic E-state index is -0.745. The van der Waals surface area contributed by atoms with Crippen LogP contribution in [0, 0.1) is 5.92 Å². The molecular formula is C14H23NO4. The van der Waals surface area contributed by atoms with Crippen LogP contribution in [-0.2, 0) is 14.3 Å². The first-order valence-corrected chi connectivity index (χ1v) is 7.29. The van der Waals surface area contributed by atoms with Gasteiger partial charge in [0, 0.05) is 13.1 Å². The van der Waals surface area contributed by atoms with Crippen LogP contribution in [0.4, 0.5) is 0 Å². The van der Waals surface area contributed by atoms with Crippen LogP contribution in [0.15, 0.2) is 0 Å². The van der Waals surface area contributed by atoms with Crippen LogP contribution in [-0.4, -0.2) is 47.7 Å². The predicted molar refractivity (Wildman–Crippen MR) is 69.8 cm³/mol. The highest BCUT2D eigenvalue weighted by molar-refractivity contribution is 5.78. The SMILES string of the molecule is O=C(O)C1CCN(C(=O)COC2CCCCC2)CC1. The molecule has 0 aromatic heterocycles. The summed E-state index contributed by atoms with van der Waals surface area (Å²) in [5.74, 6) is -1.02. The summed E-state index contributed by atoms with van der Waals surface area (Å²) in [6.07, 6.45) is 7.16. The lowest BCUT2D eigenvalue weighted by molar-refractivity contribution is -0.147. The van der Waals surface area contributed by atoms with Gasteiger partial charge in [-0.3, -0.25) is 9.59 Å². The molecule has 0 spiro atoms. The van der Waals surface area contributed by atoms with E-state index < -0.39 is 5.97 Å². The molecule has 0 unspecified atom stereocenters. The molecule has 5 nitrogen and oxygen atoms in total. The highest BCUT2D eigenvalue weighted by Crippen LogP contribution is 2.21. The zero-order valence-electron chi connectivity index (χ0n) is 11.3. The number of ether oxygens (including phenoxy) is 1. The lowest BCUT2D eigenvalue weighted by Gasteiger charge is -2.31. The van der Waals surface area contributed by atoms with Crippen molar-refractivity contribution in [1.82, 2.24) is 4.90 Å². The second-order valence-corrected chi connectivity index (χ2v) is 5.56. The summed E-state index contributed by atoms with van der Waals surface area (Å²) in [5.41, 5.74) is 0. The van der Waals surface area contributed by atoms with Crippen LogP contribution in [0.2, 0.25) is 0 Å². The molecule has 0 aromatic carbocycles. The minimum absolute atomic E-state index is 0.00872. The summed E-state index contributed by atoms with van der Waals surface area (Å²) >= 11 is 0. The number of carboxylic acid groups (broad SMARTS) is 1. The van der Waals surface area contributed by atoms with Gasteiger partial charge in [-0.25, -0.2) is 0 Å². The monoisotopic (exact) mass is 269 g/mol. The molecule has 1 aliphatic heterocycles. The quantitative estimate of drug-likeness (QED) is 0.843. The van der Waals surface area contributed by atoms with Crippen molar-refractivity contribution in [1.29, 1.82) is 0 Å². The number of hydrogen-bond donors (Lipinski definition) is 1. The van der Waals surface area contributed by atoms with E-state index in [1.807, 2.05) is 0 Å². The molecule has 0 radical (unpaired) electrons. The van der Waals surface area contributed by atoms with E-state index in [1.54, 1.807) is 4.90 Å². The predicted octanol–water partition coefficient (Wildman–Crippen LogP) is 1.66. The molecule has 1 heterocycles. The van der Waals surface area contributed by atoms with Crippen molar-refractivity contribution in [2.45, 2.75) is 51.0 Å². The van der Waals surface area contributed by atoms with E-state index in [0.717, 1.165) is 12.8 Å². The lowest BCUT2D eigenvalue weighted by Crippen LogP contribution is -2.42. The third kappa shape index (κ3) is 4.20. The highest BCUT2D eigenvalue weighted by Gasteiger charge is 2.27. The van der Waals surface area contributed by atoms with Gasteiger partial charge in [-0.1, -0.05) is 19.3 Å². The van der Waals surface area contributed by atoms with Gasteiger partial charge in [0.05, 0.1) is 12.0 Å². The number of carbonyl (C=O) groups excluding carboxylic acids is 1. The maximum atomic E-state index is 12.0. The molecule has 108 valence electrons. The average Bonchev–Trinajstić information content (AvgIpc) is 2.46. The molecule has 0 bridgehead atoms. The zero-order valence-corrected chi connectivity index (χ0v) is 11.3. The summed E-state index contributed by atoms with van der Waals surface area (Å²) < 4.78 is 5.66. The molecule has 2 rings (SSSR count). The van der Waals surface area contributed by atoms with E-state index in [1.165, 1.54) is 19.3 Å². The molecule has 2 fully saturated rings. The van der Waals surface area contributed by atoms with E-state index in [0.29, 0.717) is 25.9 Å². The van der Waals surface area contributed by atoms with Gasteiger partial charge in [0.1, 0.15) is 6.61 Å². The van der Waals surface area contributed by atoms with Gasteiger partial charge < -0.3 is 14.7 Å². The van der Waals surface area contributed by atoms with E-state index in [4.69, 9.17) is 9.84 Å². The van der Waals surface area contributed by atoms with E-state index in [2.05, 4.69) is 0 Å². The Balaban J connectivity index is 1.67. The van der Waals surface area contributed by atoms with Crippen LogP contribution in [0.25, 0.3) is 0 Å². The van der Waals surface area contributed by atoms with Crippen molar-refractivity contribution >= 4 is 11.9 Å². The first-order chi connectivity index (χ1) is 9.16. The van der Waals surface area contributed by atoms with Crippen molar-refractivity contribution in [3.8, 4) is 0 Å². The van der Waals surface area contributed by atoms with Crippen LogP contribution in [0.1, 0.15) is 44.9 Å². The van der Waals surface area contributed by atoms with Gasteiger partial charge in [0.25, 0.3) is 0 Å². The van der Waals surface area contributed by atoms with Crippen molar-refractivity contribution < 1.29 is 19.4 Å². The smallest absolute Gasteiger partial charge is 0.306 e. The average molecular weight is 269 g/mol. The molecule has 1 aliphatic carbocycles. The fraction of sp³-hybridized carbons (Fsp3) is 0.857. The summed E-state index contributed by atoms with van der Waals surface area (Å²) in [6.45, 7) is 1.25. The largest absolute Gasteiger partial charge is 0.481 e. The van der Waals surface area contributed by atoms with Gasteiger partial charge >= 0.3 is 5.97 Å². The first-order valence-electron chi connectivity index (χ1n) is 7.29. The second-order valence-electron chi connectivity index (χ2n) is 5.56. The van der Waals surface area contributed by atoms with Gasteiger partial charge in [-0.2, -0.15) is 0 Å².